The van der Waals surface area contributed by atoms with E-state index in [0.29, 0.717) is 12.3 Å². The average molecular weight is 442 g/mol. The van der Waals surface area contributed by atoms with Crippen molar-refractivity contribution in [2.45, 2.75) is 18.7 Å². The standard InChI is InChI=1S/C23H27N3O2S2/c1-17-6-8-19(9-7-17)29-16-21(27)26(11-10-25-12-14-28-15-13-25)23-24-22-18(2)4-3-5-20(22)30-23/h3-9H,10-16H2,1-2H3. The van der Waals surface area contributed by atoms with Gasteiger partial charge in [0.2, 0.25) is 5.91 Å². The monoisotopic (exact) mass is 441 g/mol. The summed E-state index contributed by atoms with van der Waals surface area (Å²) in [5, 5.41) is 0.794. The number of amides is 1. The van der Waals surface area contributed by atoms with Gasteiger partial charge in [-0.05, 0) is 37.6 Å². The highest BCUT2D eigenvalue weighted by Crippen LogP contribution is 2.31. The zero-order valence-corrected chi connectivity index (χ0v) is 19.1. The summed E-state index contributed by atoms with van der Waals surface area (Å²) >= 11 is 3.18. The van der Waals surface area contributed by atoms with Crippen LogP contribution in [0.4, 0.5) is 5.13 Å². The summed E-state index contributed by atoms with van der Waals surface area (Å²) < 4.78 is 6.58. The maximum atomic E-state index is 13.2. The minimum Gasteiger partial charge on any atom is -0.379 e. The molecule has 0 aliphatic carbocycles. The number of para-hydroxylation sites is 1. The first-order valence-corrected chi connectivity index (χ1v) is 12.1. The van der Waals surface area contributed by atoms with Crippen LogP contribution in [0.1, 0.15) is 11.1 Å². The molecule has 30 heavy (non-hydrogen) atoms. The van der Waals surface area contributed by atoms with E-state index in [9.17, 15) is 4.79 Å². The number of thiazole rings is 1. The van der Waals surface area contributed by atoms with E-state index in [1.165, 1.54) is 5.56 Å². The first kappa shape index (κ1) is 21.3. The zero-order valence-electron chi connectivity index (χ0n) is 17.5. The fraction of sp³-hybridized carbons (Fsp3) is 0.391. The molecule has 1 saturated heterocycles. The number of carbonyl (C=O) groups is 1. The van der Waals surface area contributed by atoms with Crippen molar-refractivity contribution >= 4 is 44.4 Å². The molecule has 0 unspecified atom stereocenters. The van der Waals surface area contributed by atoms with Crippen molar-refractivity contribution in [3.63, 3.8) is 0 Å². The van der Waals surface area contributed by atoms with E-state index in [4.69, 9.17) is 9.72 Å². The van der Waals surface area contributed by atoms with Gasteiger partial charge in [0.05, 0.1) is 29.2 Å². The molecule has 0 atom stereocenters. The third-order valence-corrected chi connectivity index (χ3v) is 7.31. The molecule has 0 radical (unpaired) electrons. The quantitative estimate of drug-likeness (QED) is 0.510. The van der Waals surface area contributed by atoms with Crippen LogP contribution in [0.15, 0.2) is 47.4 Å². The number of aryl methyl sites for hydroxylation is 2. The molecule has 1 aliphatic rings. The molecule has 158 valence electrons. The van der Waals surface area contributed by atoms with E-state index in [2.05, 4.69) is 55.1 Å². The lowest BCUT2D eigenvalue weighted by molar-refractivity contribution is -0.116. The van der Waals surface area contributed by atoms with E-state index in [1.54, 1.807) is 23.1 Å². The number of aromatic nitrogens is 1. The molecule has 1 amide bonds. The molecule has 0 bridgehead atoms. The Labute approximate surface area is 186 Å². The molecule has 2 aromatic carbocycles. The number of nitrogens with zero attached hydrogens (tertiary/aromatic N) is 3. The van der Waals surface area contributed by atoms with Crippen LogP contribution < -0.4 is 4.90 Å². The van der Waals surface area contributed by atoms with Gasteiger partial charge in [0, 0.05) is 31.1 Å². The SMILES string of the molecule is Cc1ccc(SCC(=O)N(CCN2CCOCC2)c2nc3c(C)cccc3s2)cc1. The Morgan fingerprint density at radius 1 is 1.17 bits per heavy atom. The number of ether oxygens (including phenoxy) is 1. The number of carbonyl (C=O) groups excluding carboxylic acids is 1. The number of hydrogen-bond donors (Lipinski definition) is 0. The number of thioether (sulfide) groups is 1. The van der Waals surface area contributed by atoms with E-state index in [0.717, 1.165) is 58.7 Å². The molecular formula is C23H27N3O2S2. The Kier molecular flexibility index (Phi) is 7.04. The van der Waals surface area contributed by atoms with Gasteiger partial charge in [-0.1, -0.05) is 41.2 Å². The second-order valence-corrected chi connectivity index (χ2v) is 9.58. The molecule has 2 heterocycles. The second kappa shape index (κ2) is 9.92. The van der Waals surface area contributed by atoms with Crippen LogP contribution in [-0.4, -0.2) is 60.9 Å². The van der Waals surface area contributed by atoms with Crippen molar-refractivity contribution < 1.29 is 9.53 Å². The van der Waals surface area contributed by atoms with E-state index >= 15 is 0 Å². The fourth-order valence-corrected chi connectivity index (χ4v) is 5.30. The lowest BCUT2D eigenvalue weighted by atomic mass is 10.2. The predicted molar refractivity (Wildman–Crippen MR) is 126 cm³/mol. The van der Waals surface area contributed by atoms with Gasteiger partial charge in [0.25, 0.3) is 0 Å². The normalized spacial score (nSPS) is 14.9. The largest absolute Gasteiger partial charge is 0.379 e. The molecule has 5 nitrogen and oxygen atoms in total. The van der Waals surface area contributed by atoms with E-state index in [-0.39, 0.29) is 5.91 Å². The molecule has 0 spiro atoms. The number of hydrogen-bond acceptors (Lipinski definition) is 6. The summed E-state index contributed by atoms with van der Waals surface area (Å²) in [6.07, 6.45) is 0. The van der Waals surface area contributed by atoms with E-state index in [1.807, 2.05) is 11.0 Å². The summed E-state index contributed by atoms with van der Waals surface area (Å²) in [6, 6.07) is 14.5. The van der Waals surface area contributed by atoms with Gasteiger partial charge in [-0.25, -0.2) is 4.98 Å². The topological polar surface area (TPSA) is 45.7 Å². The fourth-order valence-electron chi connectivity index (χ4n) is 3.44. The van der Waals surface area contributed by atoms with Crippen molar-refractivity contribution in [3.8, 4) is 0 Å². The summed E-state index contributed by atoms with van der Waals surface area (Å²) in [7, 11) is 0. The summed E-state index contributed by atoms with van der Waals surface area (Å²) in [5.41, 5.74) is 3.36. The highest BCUT2D eigenvalue weighted by atomic mass is 32.2. The molecule has 1 aliphatic heterocycles. The number of morpholine rings is 1. The van der Waals surface area contributed by atoms with Crippen LogP contribution in [0.25, 0.3) is 10.2 Å². The van der Waals surface area contributed by atoms with Gasteiger partial charge in [-0.2, -0.15) is 0 Å². The van der Waals surface area contributed by atoms with Crippen LogP contribution >= 0.6 is 23.1 Å². The molecule has 1 aromatic heterocycles. The van der Waals surface area contributed by atoms with E-state index < -0.39 is 0 Å². The van der Waals surface area contributed by atoms with Crippen molar-refractivity contribution in [1.82, 2.24) is 9.88 Å². The molecule has 0 N–H and O–H groups in total. The first-order valence-electron chi connectivity index (χ1n) is 10.3. The second-order valence-electron chi connectivity index (χ2n) is 7.52. The Bertz CT molecular complexity index is 997. The van der Waals surface area contributed by atoms with Gasteiger partial charge in [-0.15, -0.1) is 11.8 Å². The number of rotatable bonds is 7. The Morgan fingerprint density at radius 3 is 2.67 bits per heavy atom. The molecule has 4 rings (SSSR count). The number of fused-ring (bicyclic) bond motifs is 1. The van der Waals surface area contributed by atoms with Crippen molar-refractivity contribution in [2.75, 3.05) is 50.0 Å². The van der Waals surface area contributed by atoms with Crippen LogP contribution in [-0.2, 0) is 9.53 Å². The highest BCUT2D eigenvalue weighted by Gasteiger charge is 2.22. The molecular weight excluding hydrogens is 414 g/mol. The zero-order chi connectivity index (χ0) is 20.9. The first-order chi connectivity index (χ1) is 14.6. The summed E-state index contributed by atoms with van der Waals surface area (Å²) in [6.45, 7) is 8.97. The smallest absolute Gasteiger partial charge is 0.239 e. The van der Waals surface area contributed by atoms with Crippen molar-refractivity contribution in [3.05, 3.63) is 53.6 Å². The van der Waals surface area contributed by atoms with Crippen LogP contribution in [0.5, 0.6) is 0 Å². The third kappa shape index (κ3) is 5.21. The highest BCUT2D eigenvalue weighted by molar-refractivity contribution is 8.00. The van der Waals surface area contributed by atoms with Crippen LogP contribution in [0.3, 0.4) is 0 Å². The molecule has 3 aromatic rings. The van der Waals surface area contributed by atoms with Gasteiger partial charge >= 0.3 is 0 Å². The van der Waals surface area contributed by atoms with Gasteiger partial charge in [0.1, 0.15) is 0 Å². The Hall–Kier alpha value is -1.93. The number of anilines is 1. The predicted octanol–water partition coefficient (Wildman–Crippen LogP) is 4.37. The Balaban J connectivity index is 1.51. The average Bonchev–Trinajstić information content (AvgIpc) is 3.19. The molecule has 7 heteroatoms. The lowest BCUT2D eigenvalue weighted by Crippen LogP contribution is -2.43. The van der Waals surface area contributed by atoms with Gasteiger partial charge in [-0.3, -0.25) is 14.6 Å². The maximum absolute atomic E-state index is 13.2. The summed E-state index contributed by atoms with van der Waals surface area (Å²) in [4.78, 5) is 23.4. The van der Waals surface area contributed by atoms with Crippen LogP contribution in [0, 0.1) is 13.8 Å². The maximum Gasteiger partial charge on any atom is 0.239 e. The van der Waals surface area contributed by atoms with Crippen molar-refractivity contribution in [1.29, 1.82) is 0 Å². The molecule has 1 fully saturated rings. The summed E-state index contributed by atoms with van der Waals surface area (Å²) in [5.74, 6) is 0.506. The lowest BCUT2D eigenvalue weighted by Gasteiger charge is -2.29. The Morgan fingerprint density at radius 2 is 1.93 bits per heavy atom. The van der Waals surface area contributed by atoms with Crippen LogP contribution in [0.2, 0.25) is 0 Å². The van der Waals surface area contributed by atoms with Gasteiger partial charge in [0.15, 0.2) is 5.13 Å². The minimum atomic E-state index is 0.102. The number of benzene rings is 2. The minimum absolute atomic E-state index is 0.102. The van der Waals surface area contributed by atoms with Gasteiger partial charge < -0.3 is 4.74 Å². The molecule has 0 saturated carbocycles. The third-order valence-electron chi connectivity index (χ3n) is 5.27. The van der Waals surface area contributed by atoms with Crippen molar-refractivity contribution in [2.24, 2.45) is 0 Å².